The second-order valence-electron chi connectivity index (χ2n) is 19.6. The fourth-order valence-corrected chi connectivity index (χ4v) is 12.4. The fourth-order valence-electron chi connectivity index (χ4n) is 12.4. The zero-order valence-electron chi connectivity index (χ0n) is 39.0. The maximum absolute atomic E-state index is 2.50. The minimum Gasteiger partial charge on any atom is -0.310 e. The standard InChI is InChI=1S/C67H59N/c1-5-18-48(19-6-1)50-32-34-52(35-33-50)53-40-44-58(45-41-53)68(59-46-42-55(43-47-59)61-27-14-13-26-60(61)54-38-36-51(37-39-54)49-20-7-2-8-21-49)65-31-17-30-64-66(65)62-28-15-16-29-63(62)67(64,56-22-9-3-10-23-56)57-24-11-4-12-25-57/h3-4,9-17,22-49H,1-2,5-8,18-21H2. The number of benzene rings is 9. The monoisotopic (exact) mass is 877 g/mol. The van der Waals surface area contributed by atoms with Crippen molar-refractivity contribution >= 4 is 17.1 Å². The topological polar surface area (TPSA) is 3.24 Å². The summed E-state index contributed by atoms with van der Waals surface area (Å²) in [6.07, 6.45) is 13.4. The van der Waals surface area contributed by atoms with Crippen molar-refractivity contribution in [1.29, 1.82) is 0 Å². The van der Waals surface area contributed by atoms with Gasteiger partial charge >= 0.3 is 0 Å². The van der Waals surface area contributed by atoms with Gasteiger partial charge in [-0.2, -0.15) is 0 Å². The van der Waals surface area contributed by atoms with Crippen LogP contribution in [0.1, 0.15) is 109 Å². The highest BCUT2D eigenvalue weighted by atomic mass is 15.1. The van der Waals surface area contributed by atoms with E-state index in [1.165, 1.54) is 148 Å². The Hall–Kier alpha value is -7.22. The van der Waals surface area contributed by atoms with Gasteiger partial charge < -0.3 is 4.90 Å². The quantitative estimate of drug-likeness (QED) is 0.132. The van der Waals surface area contributed by atoms with E-state index in [1.54, 1.807) is 0 Å². The summed E-state index contributed by atoms with van der Waals surface area (Å²) in [7, 11) is 0. The molecule has 9 aromatic carbocycles. The second kappa shape index (κ2) is 18.5. The summed E-state index contributed by atoms with van der Waals surface area (Å²) in [5.41, 5.74) is 21.1. The minimum absolute atomic E-state index is 0.494. The SMILES string of the molecule is c1ccc(C2(c3ccccc3)c3ccccc3-c3c(N(c4ccc(-c5ccc(C6CCCCC6)cc5)cc4)c4ccc(-c5ccccc5-c5ccc(C6CCCCC6)cc5)cc4)cccc32)cc1. The highest BCUT2D eigenvalue weighted by Crippen LogP contribution is 2.59. The summed E-state index contributed by atoms with van der Waals surface area (Å²) in [6.45, 7) is 0. The molecule has 0 saturated heterocycles. The molecule has 0 heterocycles. The van der Waals surface area contributed by atoms with Crippen LogP contribution in [0.5, 0.6) is 0 Å². The van der Waals surface area contributed by atoms with Gasteiger partial charge in [0.15, 0.2) is 0 Å². The maximum atomic E-state index is 2.50. The number of nitrogens with zero attached hydrogens (tertiary/aromatic N) is 1. The molecule has 0 amide bonds. The molecule has 12 rings (SSSR count). The van der Waals surface area contributed by atoms with E-state index in [4.69, 9.17) is 0 Å². The fraction of sp³-hybridized carbons (Fsp3) is 0.194. The molecule has 0 N–H and O–H groups in total. The first-order valence-corrected chi connectivity index (χ1v) is 25.4. The van der Waals surface area contributed by atoms with Gasteiger partial charge in [-0.1, -0.05) is 233 Å². The average molecular weight is 878 g/mol. The molecule has 0 aromatic heterocycles. The Morgan fingerprint density at radius 1 is 0.309 bits per heavy atom. The number of fused-ring (bicyclic) bond motifs is 3. The van der Waals surface area contributed by atoms with E-state index in [0.717, 1.165) is 11.4 Å². The van der Waals surface area contributed by atoms with E-state index in [9.17, 15) is 0 Å². The van der Waals surface area contributed by atoms with Crippen LogP contribution in [0, 0.1) is 0 Å². The van der Waals surface area contributed by atoms with E-state index in [0.29, 0.717) is 11.8 Å². The van der Waals surface area contributed by atoms with Gasteiger partial charge in [0.1, 0.15) is 0 Å². The lowest BCUT2D eigenvalue weighted by atomic mass is 9.68. The molecule has 0 unspecified atom stereocenters. The highest BCUT2D eigenvalue weighted by molar-refractivity contribution is 5.98. The van der Waals surface area contributed by atoms with Crippen LogP contribution in [0.3, 0.4) is 0 Å². The van der Waals surface area contributed by atoms with Crippen molar-refractivity contribution in [2.75, 3.05) is 4.90 Å². The van der Waals surface area contributed by atoms with Gasteiger partial charge in [-0.05, 0) is 140 Å². The first-order chi connectivity index (χ1) is 33.7. The van der Waals surface area contributed by atoms with E-state index in [1.807, 2.05) is 0 Å². The van der Waals surface area contributed by atoms with Crippen molar-refractivity contribution in [2.24, 2.45) is 0 Å². The molecule has 3 aliphatic rings. The van der Waals surface area contributed by atoms with E-state index >= 15 is 0 Å². The van der Waals surface area contributed by atoms with Gasteiger partial charge in [0.05, 0.1) is 11.1 Å². The van der Waals surface area contributed by atoms with Gasteiger partial charge in [-0.3, -0.25) is 0 Å². The molecule has 332 valence electrons. The average Bonchev–Trinajstić information content (AvgIpc) is 3.74. The third-order valence-corrected chi connectivity index (χ3v) is 15.8. The Balaban J connectivity index is 0.978. The number of hydrogen-bond donors (Lipinski definition) is 0. The van der Waals surface area contributed by atoms with Crippen LogP contribution < -0.4 is 4.90 Å². The van der Waals surface area contributed by atoms with Crippen molar-refractivity contribution in [3.05, 3.63) is 258 Å². The van der Waals surface area contributed by atoms with E-state index in [2.05, 4.69) is 229 Å². The summed E-state index contributed by atoms with van der Waals surface area (Å²) in [4.78, 5) is 2.50. The van der Waals surface area contributed by atoms with Gasteiger partial charge in [-0.15, -0.1) is 0 Å². The van der Waals surface area contributed by atoms with Crippen LogP contribution in [-0.2, 0) is 5.41 Å². The van der Waals surface area contributed by atoms with Gasteiger partial charge in [0.2, 0.25) is 0 Å². The zero-order valence-corrected chi connectivity index (χ0v) is 39.0. The molecule has 0 aliphatic heterocycles. The lowest BCUT2D eigenvalue weighted by molar-refractivity contribution is 0.443. The van der Waals surface area contributed by atoms with Crippen molar-refractivity contribution in [1.82, 2.24) is 0 Å². The lowest BCUT2D eigenvalue weighted by Gasteiger charge is -2.34. The Morgan fingerprint density at radius 2 is 0.706 bits per heavy atom. The first-order valence-electron chi connectivity index (χ1n) is 25.4. The molecule has 0 atom stereocenters. The summed E-state index contributed by atoms with van der Waals surface area (Å²) < 4.78 is 0. The molecule has 0 spiro atoms. The van der Waals surface area contributed by atoms with Crippen molar-refractivity contribution in [2.45, 2.75) is 81.5 Å². The van der Waals surface area contributed by atoms with Crippen LogP contribution in [0.25, 0.3) is 44.5 Å². The molecule has 1 nitrogen and oxygen atoms in total. The summed E-state index contributed by atoms with van der Waals surface area (Å²) in [6, 6.07) is 84.8. The van der Waals surface area contributed by atoms with Crippen LogP contribution in [0.2, 0.25) is 0 Å². The van der Waals surface area contributed by atoms with E-state index < -0.39 is 5.41 Å². The Morgan fingerprint density at radius 3 is 1.21 bits per heavy atom. The van der Waals surface area contributed by atoms with Gasteiger partial charge in [-0.25, -0.2) is 0 Å². The summed E-state index contributed by atoms with van der Waals surface area (Å²) in [5.74, 6) is 1.40. The van der Waals surface area contributed by atoms with Crippen molar-refractivity contribution in [3.63, 3.8) is 0 Å². The zero-order chi connectivity index (χ0) is 45.3. The molecular weight excluding hydrogens is 819 g/mol. The molecular formula is C67H59N. The summed E-state index contributed by atoms with van der Waals surface area (Å²) in [5, 5.41) is 0. The first kappa shape index (κ1) is 42.2. The molecule has 3 aliphatic carbocycles. The van der Waals surface area contributed by atoms with Gasteiger partial charge in [0.25, 0.3) is 0 Å². The lowest BCUT2D eigenvalue weighted by Crippen LogP contribution is -2.28. The normalized spacial score (nSPS) is 15.6. The molecule has 0 radical (unpaired) electrons. The van der Waals surface area contributed by atoms with Crippen molar-refractivity contribution < 1.29 is 0 Å². The molecule has 2 saturated carbocycles. The predicted molar refractivity (Wildman–Crippen MR) is 286 cm³/mol. The van der Waals surface area contributed by atoms with E-state index in [-0.39, 0.29) is 0 Å². The molecule has 0 bridgehead atoms. The smallest absolute Gasteiger partial charge is 0.0714 e. The van der Waals surface area contributed by atoms with Crippen LogP contribution in [0.15, 0.2) is 224 Å². The van der Waals surface area contributed by atoms with Crippen LogP contribution in [-0.4, -0.2) is 0 Å². The van der Waals surface area contributed by atoms with Crippen molar-refractivity contribution in [3.8, 4) is 44.5 Å². The predicted octanol–water partition coefficient (Wildman–Crippen LogP) is 18.6. The molecule has 2 fully saturated rings. The number of hydrogen-bond acceptors (Lipinski definition) is 1. The second-order valence-corrected chi connectivity index (χ2v) is 19.6. The molecule has 9 aromatic rings. The third kappa shape index (κ3) is 7.59. The van der Waals surface area contributed by atoms with Crippen LogP contribution in [0.4, 0.5) is 17.1 Å². The number of anilines is 3. The molecule has 68 heavy (non-hydrogen) atoms. The minimum atomic E-state index is -0.494. The third-order valence-electron chi connectivity index (χ3n) is 15.8. The molecule has 1 heteroatoms. The number of rotatable bonds is 10. The highest BCUT2D eigenvalue weighted by Gasteiger charge is 2.47. The maximum Gasteiger partial charge on any atom is 0.0714 e. The Kier molecular flexibility index (Phi) is 11.4. The van der Waals surface area contributed by atoms with Crippen LogP contribution >= 0.6 is 0 Å². The Labute approximate surface area is 403 Å². The van der Waals surface area contributed by atoms with Gasteiger partial charge in [0, 0.05) is 16.9 Å². The largest absolute Gasteiger partial charge is 0.310 e. The summed E-state index contributed by atoms with van der Waals surface area (Å²) >= 11 is 0. The Bertz CT molecular complexity index is 3100.